The van der Waals surface area contributed by atoms with Gasteiger partial charge in [0.2, 0.25) is 0 Å². The predicted octanol–water partition coefficient (Wildman–Crippen LogP) is 2.48. The Labute approximate surface area is 159 Å². The van der Waals surface area contributed by atoms with Crippen molar-refractivity contribution in [3.05, 3.63) is 64.7 Å². The van der Waals surface area contributed by atoms with Gasteiger partial charge in [0.05, 0.1) is 46.2 Å². The number of aliphatic hydroxyl groups excluding tert-OH is 2. The third-order valence-corrected chi connectivity index (χ3v) is 4.06. The number of ether oxygens (including phenoxy) is 3. The first-order valence-electron chi connectivity index (χ1n) is 9.00. The number of hydrogen-bond donors (Lipinski definition) is 3. The fraction of sp³-hybridized carbons (Fsp3) is 0.429. The van der Waals surface area contributed by atoms with Crippen LogP contribution in [-0.2, 0) is 27.4 Å². The summed E-state index contributed by atoms with van der Waals surface area (Å²) in [5.41, 5.74) is 3.07. The fourth-order valence-electron chi connectivity index (χ4n) is 2.76. The Balaban J connectivity index is 1.94. The van der Waals surface area contributed by atoms with Crippen molar-refractivity contribution in [3.63, 3.8) is 0 Å². The molecule has 0 aromatic heterocycles. The van der Waals surface area contributed by atoms with Crippen molar-refractivity contribution in [3.8, 4) is 5.75 Å². The minimum absolute atomic E-state index is 0.0129. The van der Waals surface area contributed by atoms with Gasteiger partial charge in [-0.15, -0.1) is 0 Å². The molecule has 27 heavy (non-hydrogen) atoms. The van der Waals surface area contributed by atoms with E-state index >= 15 is 0 Å². The number of rotatable bonds is 12. The quantitative estimate of drug-likeness (QED) is 0.493. The molecule has 0 saturated carbocycles. The van der Waals surface area contributed by atoms with Gasteiger partial charge in [-0.2, -0.15) is 0 Å². The number of aliphatic hydroxyl groups is 2. The highest BCUT2D eigenvalue weighted by Gasteiger charge is 2.14. The summed E-state index contributed by atoms with van der Waals surface area (Å²) in [4.78, 5) is 0. The number of aryl methyl sites for hydroxylation is 1. The molecule has 2 aromatic carbocycles. The van der Waals surface area contributed by atoms with Crippen LogP contribution < -0.4 is 0 Å². The molecule has 0 bridgehead atoms. The normalized spacial score (nSPS) is 12.3. The Kier molecular flexibility index (Phi) is 9.24. The van der Waals surface area contributed by atoms with Gasteiger partial charge in [-0.05, 0) is 12.5 Å². The average Bonchev–Trinajstić information content (AvgIpc) is 2.69. The second kappa shape index (κ2) is 11.7. The van der Waals surface area contributed by atoms with Crippen molar-refractivity contribution >= 4 is 0 Å². The van der Waals surface area contributed by atoms with Gasteiger partial charge in [0, 0.05) is 11.1 Å². The maximum absolute atomic E-state index is 10.2. The Morgan fingerprint density at radius 2 is 1.67 bits per heavy atom. The van der Waals surface area contributed by atoms with Gasteiger partial charge in [0.1, 0.15) is 11.9 Å². The molecule has 2 aromatic rings. The van der Waals surface area contributed by atoms with E-state index in [1.54, 1.807) is 6.07 Å². The number of phenols is 1. The van der Waals surface area contributed by atoms with Crippen LogP contribution in [0.5, 0.6) is 5.75 Å². The van der Waals surface area contributed by atoms with E-state index in [0.717, 1.165) is 11.1 Å². The van der Waals surface area contributed by atoms with Gasteiger partial charge in [-0.25, -0.2) is 0 Å². The highest BCUT2D eigenvalue weighted by molar-refractivity contribution is 5.42. The molecule has 0 aliphatic heterocycles. The molecule has 2 rings (SSSR count). The molecule has 0 aliphatic carbocycles. The molecule has 0 spiro atoms. The van der Waals surface area contributed by atoms with Gasteiger partial charge in [-0.3, -0.25) is 0 Å². The van der Waals surface area contributed by atoms with Gasteiger partial charge in [0.15, 0.2) is 0 Å². The first-order valence-corrected chi connectivity index (χ1v) is 9.00. The second-order valence-corrected chi connectivity index (χ2v) is 6.21. The lowest BCUT2D eigenvalue weighted by Crippen LogP contribution is -2.16. The molecule has 148 valence electrons. The number of benzene rings is 2. The Bertz CT molecular complexity index is 674. The molecular formula is C21H28O6. The predicted molar refractivity (Wildman–Crippen MR) is 101 cm³/mol. The lowest BCUT2D eigenvalue weighted by molar-refractivity contribution is -0.0461. The van der Waals surface area contributed by atoms with Crippen LogP contribution in [0.3, 0.4) is 0 Å². The largest absolute Gasteiger partial charge is 0.507 e. The van der Waals surface area contributed by atoms with Crippen molar-refractivity contribution in [1.82, 2.24) is 0 Å². The van der Waals surface area contributed by atoms with Crippen molar-refractivity contribution in [2.24, 2.45) is 0 Å². The number of hydrogen-bond acceptors (Lipinski definition) is 6. The Morgan fingerprint density at radius 1 is 0.926 bits per heavy atom. The maximum atomic E-state index is 10.2. The highest BCUT2D eigenvalue weighted by Crippen LogP contribution is 2.26. The van der Waals surface area contributed by atoms with E-state index in [-0.39, 0.29) is 38.3 Å². The van der Waals surface area contributed by atoms with E-state index in [4.69, 9.17) is 19.3 Å². The molecule has 6 heteroatoms. The molecule has 0 saturated heterocycles. The van der Waals surface area contributed by atoms with Crippen LogP contribution >= 0.6 is 0 Å². The van der Waals surface area contributed by atoms with Gasteiger partial charge in [0.25, 0.3) is 0 Å². The van der Waals surface area contributed by atoms with Gasteiger partial charge >= 0.3 is 0 Å². The minimum Gasteiger partial charge on any atom is -0.507 e. The molecule has 6 nitrogen and oxygen atoms in total. The third-order valence-electron chi connectivity index (χ3n) is 4.06. The van der Waals surface area contributed by atoms with E-state index in [9.17, 15) is 10.2 Å². The van der Waals surface area contributed by atoms with Crippen molar-refractivity contribution in [1.29, 1.82) is 0 Å². The molecule has 0 radical (unpaired) electrons. The first-order chi connectivity index (χ1) is 13.2. The zero-order chi connectivity index (χ0) is 19.5. The van der Waals surface area contributed by atoms with E-state index in [2.05, 4.69) is 0 Å². The van der Waals surface area contributed by atoms with Crippen LogP contribution in [0.25, 0.3) is 0 Å². The van der Waals surface area contributed by atoms with E-state index < -0.39 is 0 Å². The monoisotopic (exact) mass is 376 g/mol. The molecule has 0 heterocycles. The summed E-state index contributed by atoms with van der Waals surface area (Å²) < 4.78 is 16.9. The highest BCUT2D eigenvalue weighted by atomic mass is 16.6. The molecule has 0 fully saturated rings. The van der Waals surface area contributed by atoms with Crippen molar-refractivity contribution in [2.75, 3.05) is 33.0 Å². The minimum atomic E-state index is -0.270. The average molecular weight is 376 g/mol. The van der Waals surface area contributed by atoms with Crippen LogP contribution in [-0.4, -0.2) is 48.4 Å². The fourth-order valence-corrected chi connectivity index (χ4v) is 2.76. The van der Waals surface area contributed by atoms with Crippen molar-refractivity contribution in [2.45, 2.75) is 26.2 Å². The first kappa shape index (κ1) is 21.3. The lowest BCUT2D eigenvalue weighted by Gasteiger charge is -2.19. The summed E-state index contributed by atoms with van der Waals surface area (Å²) in [6, 6.07) is 13.3. The Hall–Kier alpha value is -1.96. The maximum Gasteiger partial charge on any atom is 0.126 e. The van der Waals surface area contributed by atoms with Crippen LogP contribution in [0.2, 0.25) is 0 Å². The summed E-state index contributed by atoms with van der Waals surface area (Å²) in [7, 11) is 0. The molecule has 0 unspecified atom stereocenters. The SMILES string of the molecule is Cc1cc(CO)c(O)c(COC[C@@H](OCCOCCO)c2ccccc2)c1. The van der Waals surface area contributed by atoms with E-state index in [1.165, 1.54) is 0 Å². The topological polar surface area (TPSA) is 88.4 Å². The lowest BCUT2D eigenvalue weighted by atomic mass is 10.1. The summed E-state index contributed by atoms with van der Waals surface area (Å²) in [5, 5.41) is 28.3. The van der Waals surface area contributed by atoms with Gasteiger partial charge in [-0.1, -0.05) is 48.0 Å². The summed E-state index contributed by atoms with van der Waals surface area (Å²) in [5.74, 6) is 0.0673. The summed E-state index contributed by atoms with van der Waals surface area (Å²) in [6.07, 6.45) is -0.270. The molecule has 1 atom stereocenters. The van der Waals surface area contributed by atoms with Gasteiger partial charge < -0.3 is 29.5 Å². The van der Waals surface area contributed by atoms with Crippen LogP contribution in [0.4, 0.5) is 0 Å². The van der Waals surface area contributed by atoms with Crippen LogP contribution in [0.15, 0.2) is 42.5 Å². The number of aromatic hydroxyl groups is 1. The van der Waals surface area contributed by atoms with E-state index in [1.807, 2.05) is 43.3 Å². The zero-order valence-corrected chi connectivity index (χ0v) is 15.6. The molecule has 3 N–H and O–H groups in total. The second-order valence-electron chi connectivity index (χ2n) is 6.21. The smallest absolute Gasteiger partial charge is 0.126 e. The Morgan fingerprint density at radius 3 is 2.37 bits per heavy atom. The molecular weight excluding hydrogens is 348 g/mol. The van der Waals surface area contributed by atoms with Crippen LogP contribution in [0, 0.1) is 6.92 Å². The standard InChI is InChI=1S/C21H28O6/c1-16-11-18(13-23)21(24)19(12-16)14-26-15-20(17-5-3-2-4-6-17)27-10-9-25-8-7-22/h2-6,11-12,20,22-24H,7-10,13-15H2,1H3/t20-/m1/s1. The van der Waals surface area contributed by atoms with E-state index in [0.29, 0.717) is 30.9 Å². The molecule has 0 amide bonds. The van der Waals surface area contributed by atoms with Crippen LogP contribution in [0.1, 0.15) is 28.4 Å². The summed E-state index contributed by atoms with van der Waals surface area (Å²) >= 11 is 0. The third kappa shape index (κ3) is 6.93. The van der Waals surface area contributed by atoms with Crippen molar-refractivity contribution < 1.29 is 29.5 Å². The zero-order valence-electron chi connectivity index (χ0n) is 15.6. The summed E-state index contributed by atoms with van der Waals surface area (Å²) in [6.45, 7) is 3.26. The molecule has 0 aliphatic rings.